The van der Waals surface area contributed by atoms with Crippen LogP contribution in [0.25, 0.3) is 0 Å². The van der Waals surface area contributed by atoms with E-state index < -0.39 is 0 Å². The Morgan fingerprint density at radius 3 is 2.12 bits per heavy atom. The summed E-state index contributed by atoms with van der Waals surface area (Å²) in [5.41, 5.74) is 0.0579. The second kappa shape index (κ2) is 8.06. The third kappa shape index (κ3) is 11.2. The van der Waals surface area contributed by atoms with E-state index in [1.54, 1.807) is 0 Å². The summed E-state index contributed by atoms with van der Waals surface area (Å²) < 4.78 is 0. The number of amides is 2. The Bertz CT molecular complexity index is 247. The molecule has 0 aliphatic carbocycles. The second-order valence-electron chi connectivity index (χ2n) is 5.29. The van der Waals surface area contributed by atoms with Crippen LogP contribution in [0.3, 0.4) is 0 Å². The van der Waals surface area contributed by atoms with Crippen LogP contribution in [-0.2, 0) is 9.59 Å². The predicted molar refractivity (Wildman–Crippen MR) is 68.6 cm³/mol. The molecule has 0 radical (unpaired) electrons. The fourth-order valence-electron chi connectivity index (χ4n) is 1.05. The lowest BCUT2D eigenvalue weighted by Gasteiger charge is -2.18. The molecule has 0 bridgehead atoms. The van der Waals surface area contributed by atoms with E-state index in [9.17, 15) is 9.59 Å². The highest BCUT2D eigenvalue weighted by Gasteiger charge is 2.12. The van der Waals surface area contributed by atoms with Gasteiger partial charge in [-0.3, -0.25) is 9.59 Å². The van der Waals surface area contributed by atoms with Gasteiger partial charge in [0.1, 0.15) is 0 Å². The molecule has 17 heavy (non-hydrogen) atoms. The van der Waals surface area contributed by atoms with Crippen molar-refractivity contribution in [3.63, 3.8) is 0 Å². The smallest absolute Gasteiger partial charge is 0.239 e. The first-order chi connectivity index (χ1) is 7.85. The van der Waals surface area contributed by atoms with E-state index in [-0.39, 0.29) is 30.3 Å². The molecule has 2 amide bonds. The summed E-state index contributed by atoms with van der Waals surface area (Å²) in [6.45, 7) is 9.88. The van der Waals surface area contributed by atoms with Crippen LogP contribution < -0.4 is 16.0 Å². The van der Waals surface area contributed by atoms with Gasteiger partial charge in [0.2, 0.25) is 11.8 Å². The summed E-state index contributed by atoms with van der Waals surface area (Å²) in [5, 5.41) is 8.31. The maximum absolute atomic E-state index is 11.4. The van der Waals surface area contributed by atoms with Crippen molar-refractivity contribution in [2.24, 2.45) is 5.41 Å². The molecule has 0 spiro atoms. The van der Waals surface area contributed by atoms with Gasteiger partial charge in [-0.1, -0.05) is 27.7 Å². The fraction of sp³-hybridized carbons (Fsp3) is 0.833. The zero-order chi connectivity index (χ0) is 13.3. The van der Waals surface area contributed by atoms with Crippen molar-refractivity contribution < 1.29 is 9.59 Å². The fourth-order valence-corrected chi connectivity index (χ4v) is 1.05. The zero-order valence-electron chi connectivity index (χ0n) is 11.4. The van der Waals surface area contributed by atoms with Crippen molar-refractivity contribution >= 4 is 11.8 Å². The monoisotopic (exact) mass is 243 g/mol. The van der Waals surface area contributed by atoms with Gasteiger partial charge in [0.05, 0.1) is 13.1 Å². The Kier molecular flexibility index (Phi) is 7.54. The van der Waals surface area contributed by atoms with Gasteiger partial charge >= 0.3 is 0 Å². The topological polar surface area (TPSA) is 70.2 Å². The zero-order valence-corrected chi connectivity index (χ0v) is 11.4. The maximum atomic E-state index is 11.4. The third-order valence-corrected chi connectivity index (χ3v) is 1.97. The lowest BCUT2D eigenvalue weighted by molar-refractivity contribution is -0.125. The summed E-state index contributed by atoms with van der Waals surface area (Å²) in [5.74, 6) is -0.298. The van der Waals surface area contributed by atoms with Gasteiger partial charge in [0, 0.05) is 6.54 Å². The molecule has 5 nitrogen and oxygen atoms in total. The van der Waals surface area contributed by atoms with E-state index in [0.29, 0.717) is 6.54 Å². The minimum Gasteiger partial charge on any atom is -0.354 e. The Morgan fingerprint density at radius 2 is 1.59 bits per heavy atom. The molecule has 0 heterocycles. The summed E-state index contributed by atoms with van der Waals surface area (Å²) in [4.78, 5) is 22.6. The molecule has 5 heteroatoms. The van der Waals surface area contributed by atoms with Crippen LogP contribution in [0.4, 0.5) is 0 Å². The molecule has 0 fully saturated rings. The van der Waals surface area contributed by atoms with Crippen LogP contribution in [0.15, 0.2) is 0 Å². The van der Waals surface area contributed by atoms with Gasteiger partial charge in [-0.05, 0) is 18.4 Å². The first-order valence-corrected chi connectivity index (χ1v) is 6.09. The average molecular weight is 243 g/mol. The van der Waals surface area contributed by atoms with Gasteiger partial charge < -0.3 is 16.0 Å². The maximum Gasteiger partial charge on any atom is 0.239 e. The largest absolute Gasteiger partial charge is 0.354 e. The SMILES string of the molecule is CCCNCC(=O)NCC(=O)NCC(C)(C)C. The molecule has 0 atom stereocenters. The first kappa shape index (κ1) is 15.9. The van der Waals surface area contributed by atoms with E-state index in [1.165, 1.54) is 0 Å². The highest BCUT2D eigenvalue weighted by atomic mass is 16.2. The van der Waals surface area contributed by atoms with E-state index >= 15 is 0 Å². The summed E-state index contributed by atoms with van der Waals surface area (Å²) in [7, 11) is 0. The van der Waals surface area contributed by atoms with Crippen molar-refractivity contribution in [2.75, 3.05) is 26.2 Å². The number of hydrogen-bond acceptors (Lipinski definition) is 3. The molecule has 0 aliphatic heterocycles. The van der Waals surface area contributed by atoms with Crippen LogP contribution in [0.2, 0.25) is 0 Å². The molecule has 3 N–H and O–H groups in total. The molecule has 0 aromatic rings. The Morgan fingerprint density at radius 1 is 1.00 bits per heavy atom. The van der Waals surface area contributed by atoms with Crippen molar-refractivity contribution in [2.45, 2.75) is 34.1 Å². The normalized spacial score (nSPS) is 11.1. The summed E-state index contributed by atoms with van der Waals surface area (Å²) in [6, 6.07) is 0. The lowest BCUT2D eigenvalue weighted by atomic mass is 9.97. The summed E-state index contributed by atoms with van der Waals surface area (Å²) in [6.07, 6.45) is 0.985. The molecular formula is C12H25N3O2. The molecule has 0 saturated carbocycles. The minimum atomic E-state index is -0.149. The lowest BCUT2D eigenvalue weighted by Crippen LogP contribution is -2.42. The second-order valence-corrected chi connectivity index (χ2v) is 5.29. The van der Waals surface area contributed by atoms with Crippen molar-refractivity contribution in [1.82, 2.24) is 16.0 Å². The van der Waals surface area contributed by atoms with Crippen LogP contribution in [-0.4, -0.2) is 38.0 Å². The van der Waals surface area contributed by atoms with E-state index in [2.05, 4.69) is 16.0 Å². The minimum absolute atomic E-state index is 0.0444. The van der Waals surface area contributed by atoms with Gasteiger partial charge in [-0.2, -0.15) is 0 Å². The van der Waals surface area contributed by atoms with Crippen LogP contribution >= 0.6 is 0 Å². The van der Waals surface area contributed by atoms with Gasteiger partial charge in [-0.15, -0.1) is 0 Å². The van der Waals surface area contributed by atoms with Crippen molar-refractivity contribution in [1.29, 1.82) is 0 Å². The molecule has 0 aromatic heterocycles. The Labute approximate surface area is 104 Å². The van der Waals surface area contributed by atoms with Crippen molar-refractivity contribution in [3.8, 4) is 0 Å². The molecule has 0 unspecified atom stereocenters. The van der Waals surface area contributed by atoms with Gasteiger partial charge in [0.25, 0.3) is 0 Å². The predicted octanol–water partition coefficient (Wildman–Crippen LogP) is 0.265. The van der Waals surface area contributed by atoms with Crippen molar-refractivity contribution in [3.05, 3.63) is 0 Å². The molecule has 0 aromatic carbocycles. The highest BCUT2D eigenvalue weighted by Crippen LogP contribution is 2.09. The summed E-state index contributed by atoms with van der Waals surface area (Å²) >= 11 is 0. The van der Waals surface area contributed by atoms with E-state index in [4.69, 9.17) is 0 Å². The number of rotatable bonds is 7. The van der Waals surface area contributed by atoms with E-state index in [1.807, 2.05) is 27.7 Å². The van der Waals surface area contributed by atoms with Crippen LogP contribution in [0, 0.1) is 5.41 Å². The molecule has 0 rings (SSSR count). The number of carbonyl (C=O) groups is 2. The number of hydrogen-bond donors (Lipinski definition) is 3. The van der Waals surface area contributed by atoms with Gasteiger partial charge in [0.15, 0.2) is 0 Å². The van der Waals surface area contributed by atoms with Crippen LogP contribution in [0.1, 0.15) is 34.1 Å². The molecule has 0 aliphatic rings. The van der Waals surface area contributed by atoms with E-state index in [0.717, 1.165) is 13.0 Å². The van der Waals surface area contributed by atoms with Crippen LogP contribution in [0.5, 0.6) is 0 Å². The third-order valence-electron chi connectivity index (χ3n) is 1.97. The molecule has 0 saturated heterocycles. The molecular weight excluding hydrogens is 218 g/mol. The highest BCUT2D eigenvalue weighted by molar-refractivity contribution is 5.85. The Hall–Kier alpha value is -1.10. The Balaban J connectivity index is 3.59. The number of carbonyl (C=O) groups excluding carboxylic acids is 2. The standard InChI is InChI=1S/C12H25N3O2/c1-5-6-13-7-10(16)14-8-11(17)15-9-12(2,3)4/h13H,5-9H2,1-4H3,(H,14,16)(H,15,17). The molecule has 100 valence electrons. The van der Waals surface area contributed by atoms with Gasteiger partial charge in [-0.25, -0.2) is 0 Å². The average Bonchev–Trinajstić information content (AvgIpc) is 2.23. The number of nitrogens with one attached hydrogen (secondary N) is 3. The quantitative estimate of drug-likeness (QED) is 0.562. The first-order valence-electron chi connectivity index (χ1n) is 6.09.